The first-order chi connectivity index (χ1) is 6.42. The number of carbonyl (C=O) groups is 1. The molecule has 1 atom stereocenters. The third-order valence-electron chi connectivity index (χ3n) is 2.13. The van der Waals surface area contributed by atoms with Crippen molar-refractivity contribution in [2.75, 3.05) is 19.3 Å². The van der Waals surface area contributed by atoms with E-state index in [0.717, 1.165) is 19.5 Å². The van der Waals surface area contributed by atoms with Crippen molar-refractivity contribution in [2.24, 2.45) is 0 Å². The van der Waals surface area contributed by atoms with Gasteiger partial charge in [0, 0.05) is 18.3 Å². The fourth-order valence-electron chi connectivity index (χ4n) is 1.41. The van der Waals surface area contributed by atoms with Gasteiger partial charge in [-0.05, 0) is 33.4 Å². The van der Waals surface area contributed by atoms with E-state index in [0.29, 0.717) is 5.25 Å². The van der Waals surface area contributed by atoms with Crippen LogP contribution in [-0.4, -0.2) is 41.2 Å². The fraction of sp³-hybridized carbons (Fsp3) is 0.900. The van der Waals surface area contributed by atoms with E-state index in [-0.39, 0.29) is 11.7 Å². The van der Waals surface area contributed by atoms with Crippen molar-refractivity contribution in [3.8, 4) is 0 Å². The van der Waals surface area contributed by atoms with E-state index < -0.39 is 0 Å². The van der Waals surface area contributed by atoms with Gasteiger partial charge < -0.3 is 9.64 Å². The Kier molecular flexibility index (Phi) is 3.70. The smallest absolute Gasteiger partial charge is 0.410 e. The van der Waals surface area contributed by atoms with Gasteiger partial charge in [-0.3, -0.25) is 0 Å². The van der Waals surface area contributed by atoms with Crippen LogP contribution >= 0.6 is 11.8 Å². The van der Waals surface area contributed by atoms with Gasteiger partial charge in [0.1, 0.15) is 5.60 Å². The Labute approximate surface area is 90.2 Å². The minimum absolute atomic E-state index is 0.172. The van der Waals surface area contributed by atoms with Gasteiger partial charge in [-0.2, -0.15) is 11.8 Å². The molecule has 1 aliphatic rings. The normalized spacial score (nSPS) is 22.6. The molecular weight excluding hydrogens is 198 g/mol. The zero-order chi connectivity index (χ0) is 10.8. The molecule has 1 aliphatic heterocycles. The fourth-order valence-corrected chi connectivity index (χ4v) is 2.08. The Hall–Kier alpha value is -0.380. The molecule has 0 aromatic carbocycles. The minimum atomic E-state index is -0.380. The van der Waals surface area contributed by atoms with Gasteiger partial charge in [-0.1, -0.05) is 0 Å². The van der Waals surface area contributed by atoms with Gasteiger partial charge in [0.05, 0.1) is 0 Å². The van der Waals surface area contributed by atoms with Crippen LogP contribution < -0.4 is 0 Å². The van der Waals surface area contributed by atoms with Crippen LogP contribution in [0.25, 0.3) is 0 Å². The van der Waals surface area contributed by atoms with E-state index in [2.05, 4.69) is 6.26 Å². The SMILES string of the molecule is CS[C@H]1CCN(C(=O)OC(C)(C)C)C1. The molecular formula is C10H19NO2S. The van der Waals surface area contributed by atoms with Crippen LogP contribution in [0.5, 0.6) is 0 Å². The molecule has 1 fully saturated rings. The summed E-state index contributed by atoms with van der Waals surface area (Å²) in [6.45, 7) is 7.35. The molecule has 0 saturated carbocycles. The highest BCUT2D eigenvalue weighted by atomic mass is 32.2. The highest BCUT2D eigenvalue weighted by molar-refractivity contribution is 7.99. The van der Waals surface area contributed by atoms with E-state index in [9.17, 15) is 4.79 Å². The van der Waals surface area contributed by atoms with Crippen molar-refractivity contribution in [3.63, 3.8) is 0 Å². The third-order valence-corrected chi connectivity index (χ3v) is 3.18. The van der Waals surface area contributed by atoms with E-state index >= 15 is 0 Å². The Morgan fingerprint density at radius 2 is 2.14 bits per heavy atom. The van der Waals surface area contributed by atoms with Crippen molar-refractivity contribution in [2.45, 2.75) is 38.0 Å². The van der Waals surface area contributed by atoms with Crippen molar-refractivity contribution in [1.29, 1.82) is 0 Å². The van der Waals surface area contributed by atoms with Crippen LogP contribution in [0.1, 0.15) is 27.2 Å². The second-order valence-corrected chi connectivity index (χ2v) is 5.71. The summed E-state index contributed by atoms with van der Waals surface area (Å²) in [4.78, 5) is 13.4. The molecule has 0 aromatic heterocycles. The summed E-state index contributed by atoms with van der Waals surface area (Å²) in [6.07, 6.45) is 3.00. The van der Waals surface area contributed by atoms with Crippen LogP contribution in [0.15, 0.2) is 0 Å². The summed E-state index contributed by atoms with van der Waals surface area (Å²) >= 11 is 1.82. The maximum atomic E-state index is 11.6. The van der Waals surface area contributed by atoms with E-state index in [1.54, 1.807) is 4.90 Å². The average Bonchev–Trinajstić information content (AvgIpc) is 2.48. The number of carbonyl (C=O) groups excluding carboxylic acids is 1. The quantitative estimate of drug-likeness (QED) is 0.675. The van der Waals surface area contributed by atoms with E-state index in [1.807, 2.05) is 32.5 Å². The summed E-state index contributed by atoms with van der Waals surface area (Å²) in [6, 6.07) is 0. The molecule has 0 aromatic rings. The lowest BCUT2D eigenvalue weighted by Gasteiger charge is -2.24. The molecule has 0 spiro atoms. The summed E-state index contributed by atoms with van der Waals surface area (Å²) in [5, 5.41) is 0.586. The van der Waals surface area contributed by atoms with Crippen LogP contribution in [0.3, 0.4) is 0 Å². The number of likely N-dealkylation sites (tertiary alicyclic amines) is 1. The largest absolute Gasteiger partial charge is 0.444 e. The van der Waals surface area contributed by atoms with Crippen LogP contribution in [0.2, 0.25) is 0 Å². The van der Waals surface area contributed by atoms with E-state index in [4.69, 9.17) is 4.74 Å². The Bertz CT molecular complexity index is 213. The van der Waals surface area contributed by atoms with Gasteiger partial charge in [-0.15, -0.1) is 0 Å². The molecule has 4 heteroatoms. The molecule has 0 aliphatic carbocycles. The summed E-state index contributed by atoms with van der Waals surface area (Å²) in [5.74, 6) is 0. The van der Waals surface area contributed by atoms with Gasteiger partial charge >= 0.3 is 6.09 Å². The molecule has 0 N–H and O–H groups in total. The maximum Gasteiger partial charge on any atom is 0.410 e. The number of nitrogens with zero attached hydrogens (tertiary/aromatic N) is 1. The standard InChI is InChI=1S/C10H19NO2S/c1-10(2,3)13-9(12)11-6-5-8(7-11)14-4/h8H,5-7H2,1-4H3/t8-/m0/s1. The summed E-state index contributed by atoms with van der Waals surface area (Å²) < 4.78 is 5.29. The lowest BCUT2D eigenvalue weighted by atomic mass is 10.2. The molecule has 1 amide bonds. The Balaban J connectivity index is 2.40. The van der Waals surface area contributed by atoms with Gasteiger partial charge in [-0.25, -0.2) is 4.79 Å². The molecule has 82 valence electrons. The number of hydrogen-bond acceptors (Lipinski definition) is 3. The molecule has 14 heavy (non-hydrogen) atoms. The predicted molar refractivity (Wildman–Crippen MR) is 59.7 cm³/mol. The Morgan fingerprint density at radius 3 is 2.57 bits per heavy atom. The van der Waals surface area contributed by atoms with E-state index in [1.165, 1.54) is 0 Å². The van der Waals surface area contributed by atoms with Crippen LogP contribution in [0, 0.1) is 0 Å². The summed E-state index contributed by atoms with van der Waals surface area (Å²) in [5.41, 5.74) is -0.380. The predicted octanol–water partition coefficient (Wildman–Crippen LogP) is 2.36. The molecule has 0 radical (unpaired) electrons. The number of amides is 1. The maximum absolute atomic E-state index is 11.6. The number of hydrogen-bond donors (Lipinski definition) is 0. The second kappa shape index (κ2) is 4.43. The van der Waals surface area contributed by atoms with Crippen molar-refractivity contribution in [3.05, 3.63) is 0 Å². The first-order valence-electron chi connectivity index (χ1n) is 4.93. The number of rotatable bonds is 1. The highest BCUT2D eigenvalue weighted by Gasteiger charge is 2.28. The van der Waals surface area contributed by atoms with Crippen molar-refractivity contribution in [1.82, 2.24) is 4.90 Å². The lowest BCUT2D eigenvalue weighted by Crippen LogP contribution is -2.35. The molecule has 1 heterocycles. The number of ether oxygens (including phenoxy) is 1. The van der Waals surface area contributed by atoms with Crippen molar-refractivity contribution >= 4 is 17.9 Å². The monoisotopic (exact) mass is 217 g/mol. The van der Waals surface area contributed by atoms with Gasteiger partial charge in [0.15, 0.2) is 0 Å². The number of thioether (sulfide) groups is 1. The molecule has 1 saturated heterocycles. The van der Waals surface area contributed by atoms with Gasteiger partial charge in [0.25, 0.3) is 0 Å². The summed E-state index contributed by atoms with van der Waals surface area (Å²) in [7, 11) is 0. The molecule has 0 unspecified atom stereocenters. The van der Waals surface area contributed by atoms with Gasteiger partial charge in [0.2, 0.25) is 0 Å². The lowest BCUT2D eigenvalue weighted by molar-refractivity contribution is 0.0295. The van der Waals surface area contributed by atoms with Crippen molar-refractivity contribution < 1.29 is 9.53 Å². The first kappa shape index (κ1) is 11.7. The second-order valence-electron chi connectivity index (χ2n) is 4.57. The zero-order valence-corrected chi connectivity index (χ0v) is 10.2. The van der Waals surface area contributed by atoms with Crippen LogP contribution in [-0.2, 0) is 4.74 Å². The average molecular weight is 217 g/mol. The third kappa shape index (κ3) is 3.40. The first-order valence-corrected chi connectivity index (χ1v) is 6.22. The molecule has 0 bridgehead atoms. The molecule has 1 rings (SSSR count). The minimum Gasteiger partial charge on any atom is -0.444 e. The topological polar surface area (TPSA) is 29.5 Å². The zero-order valence-electron chi connectivity index (χ0n) is 9.37. The Morgan fingerprint density at radius 1 is 1.50 bits per heavy atom. The van der Waals surface area contributed by atoms with Crippen LogP contribution in [0.4, 0.5) is 4.79 Å². The highest BCUT2D eigenvalue weighted by Crippen LogP contribution is 2.21. The molecule has 3 nitrogen and oxygen atoms in total.